The molecule has 0 fully saturated rings. The van der Waals surface area contributed by atoms with Crippen molar-refractivity contribution in [1.82, 2.24) is 14.5 Å². The summed E-state index contributed by atoms with van der Waals surface area (Å²) in [6.07, 6.45) is 1.90. The van der Waals surface area contributed by atoms with Crippen LogP contribution >= 0.6 is 11.3 Å². The molecule has 0 aliphatic heterocycles. The van der Waals surface area contributed by atoms with E-state index in [2.05, 4.69) is 191 Å². The molecule has 0 atom stereocenters. The first-order chi connectivity index (χ1) is 27.8. The first kappa shape index (κ1) is 32.2. The molecule has 0 saturated heterocycles. The second kappa shape index (κ2) is 13.3. The Labute approximate surface area is 327 Å². The zero-order valence-corrected chi connectivity index (χ0v) is 31.1. The molecule has 5 heteroatoms. The van der Waals surface area contributed by atoms with Gasteiger partial charge in [0.15, 0.2) is 0 Å². The number of benzene rings is 8. The molecule has 56 heavy (non-hydrogen) atoms. The molecule has 0 bridgehead atoms. The van der Waals surface area contributed by atoms with Gasteiger partial charge in [0.25, 0.3) is 5.82 Å². The highest BCUT2D eigenvalue weighted by Gasteiger charge is 2.22. The number of nitrogens with zero attached hydrogens (tertiary/aromatic N) is 4. The molecule has 3 aromatic heterocycles. The third-order valence-corrected chi connectivity index (χ3v) is 12.0. The van der Waals surface area contributed by atoms with E-state index in [1.54, 1.807) is 0 Å². The number of hydrogen-bond donors (Lipinski definition) is 0. The second-order valence-corrected chi connectivity index (χ2v) is 15.1. The Morgan fingerprint density at radius 1 is 0.446 bits per heavy atom. The zero-order chi connectivity index (χ0) is 37.0. The quantitative estimate of drug-likeness (QED) is 0.160. The summed E-state index contributed by atoms with van der Waals surface area (Å²) in [4.78, 5) is 10.1. The molecule has 8 aromatic carbocycles. The number of thiophene rings is 1. The normalized spacial score (nSPS) is 11.6. The molecule has 0 unspecified atom stereocenters. The summed E-state index contributed by atoms with van der Waals surface area (Å²) in [5, 5.41) is 5.08. The Balaban J connectivity index is 1.04. The van der Waals surface area contributed by atoms with Gasteiger partial charge in [0, 0.05) is 47.8 Å². The van der Waals surface area contributed by atoms with Crippen LogP contribution in [0.2, 0.25) is 0 Å². The molecule has 0 radical (unpaired) electrons. The molecule has 0 N–H and O–H groups in total. The Bertz CT molecular complexity index is 3220. The second-order valence-electron chi connectivity index (χ2n) is 14.0. The molecule has 0 aliphatic rings. The summed E-state index contributed by atoms with van der Waals surface area (Å²) in [5.74, 6) is 1.51. The van der Waals surface area contributed by atoms with Gasteiger partial charge >= 0.3 is 5.82 Å². The van der Waals surface area contributed by atoms with Crippen molar-refractivity contribution in [3.05, 3.63) is 200 Å². The summed E-state index contributed by atoms with van der Waals surface area (Å²) in [6.45, 7) is 0. The molecule has 0 aliphatic carbocycles. The fourth-order valence-electron chi connectivity index (χ4n) is 8.14. The van der Waals surface area contributed by atoms with E-state index in [0.717, 1.165) is 33.9 Å². The number of fused-ring (bicyclic) bond motifs is 6. The topological polar surface area (TPSA) is 34.6 Å². The van der Waals surface area contributed by atoms with Crippen LogP contribution in [0, 0.1) is 0 Å². The molecule has 0 amide bonds. The van der Waals surface area contributed by atoms with Crippen molar-refractivity contribution < 1.29 is 4.57 Å². The molecule has 11 aromatic rings. The van der Waals surface area contributed by atoms with Crippen molar-refractivity contribution in [3.8, 4) is 56.4 Å². The number of aromatic nitrogens is 4. The van der Waals surface area contributed by atoms with Crippen molar-refractivity contribution >= 4 is 53.3 Å². The Kier molecular flexibility index (Phi) is 7.64. The minimum absolute atomic E-state index is 0.683. The van der Waals surface area contributed by atoms with Crippen LogP contribution in [0.1, 0.15) is 0 Å². The zero-order valence-electron chi connectivity index (χ0n) is 30.2. The van der Waals surface area contributed by atoms with Gasteiger partial charge in [0.1, 0.15) is 5.69 Å². The van der Waals surface area contributed by atoms with Gasteiger partial charge in [-0.15, -0.1) is 11.3 Å². The number of hydrogen-bond acceptors (Lipinski definition) is 3. The van der Waals surface area contributed by atoms with E-state index in [1.807, 2.05) is 29.8 Å². The van der Waals surface area contributed by atoms with Crippen molar-refractivity contribution in [1.29, 1.82) is 0 Å². The summed E-state index contributed by atoms with van der Waals surface area (Å²) < 4.78 is 7.13. The molecular formula is C51H33N4S+. The average Bonchev–Trinajstić information content (AvgIpc) is 3.83. The van der Waals surface area contributed by atoms with E-state index >= 15 is 0 Å². The van der Waals surface area contributed by atoms with Crippen LogP contribution < -0.4 is 4.57 Å². The maximum atomic E-state index is 5.18. The predicted molar refractivity (Wildman–Crippen MR) is 233 cm³/mol. The van der Waals surface area contributed by atoms with Crippen LogP contribution in [0.25, 0.3) is 98.4 Å². The predicted octanol–water partition coefficient (Wildman–Crippen LogP) is 12.9. The van der Waals surface area contributed by atoms with Crippen LogP contribution in [-0.2, 0) is 0 Å². The third kappa shape index (κ3) is 5.32. The van der Waals surface area contributed by atoms with E-state index < -0.39 is 0 Å². The minimum atomic E-state index is 0.683. The smallest absolute Gasteiger partial charge is 0.307 e. The number of para-hydroxylation sites is 2. The molecule has 262 valence electrons. The minimum Gasteiger partial charge on any atom is -0.309 e. The Morgan fingerprint density at radius 2 is 1.05 bits per heavy atom. The van der Waals surface area contributed by atoms with E-state index in [4.69, 9.17) is 9.97 Å². The van der Waals surface area contributed by atoms with Gasteiger partial charge in [-0.3, -0.25) is 0 Å². The number of rotatable bonds is 6. The van der Waals surface area contributed by atoms with E-state index in [9.17, 15) is 0 Å². The molecule has 0 spiro atoms. The molecule has 11 rings (SSSR count). The monoisotopic (exact) mass is 733 g/mol. The molecule has 0 saturated carbocycles. The van der Waals surface area contributed by atoms with Gasteiger partial charge in [-0.05, 0) is 71.8 Å². The largest absolute Gasteiger partial charge is 0.309 e. The van der Waals surface area contributed by atoms with Gasteiger partial charge in [0.2, 0.25) is 6.33 Å². The van der Waals surface area contributed by atoms with Crippen LogP contribution in [0.5, 0.6) is 0 Å². The van der Waals surface area contributed by atoms with Crippen LogP contribution in [0.4, 0.5) is 0 Å². The lowest BCUT2D eigenvalue weighted by Gasteiger charge is -2.13. The highest BCUT2D eigenvalue weighted by molar-refractivity contribution is 7.26. The highest BCUT2D eigenvalue weighted by atomic mass is 32.1. The lowest BCUT2D eigenvalue weighted by atomic mass is 10.00. The third-order valence-electron chi connectivity index (χ3n) is 10.8. The maximum absolute atomic E-state index is 5.18. The van der Waals surface area contributed by atoms with Crippen molar-refractivity contribution in [3.63, 3.8) is 0 Å². The Hall–Kier alpha value is -7.21. The maximum Gasteiger partial charge on any atom is 0.307 e. The summed E-state index contributed by atoms with van der Waals surface area (Å²) in [6, 6.07) is 69.0. The van der Waals surface area contributed by atoms with Crippen molar-refractivity contribution in [2.75, 3.05) is 0 Å². The van der Waals surface area contributed by atoms with Crippen LogP contribution in [0.15, 0.2) is 200 Å². The SMILES string of the molecule is c1ccc(-c2ccc(-c3nc[n+](-c4ccc(-n5c6ccccc6c6cccc(-c7cccc8c7sc7ccccc78)c65)cc4)c(-c4ccccc4)n3)cc2)cc1. The summed E-state index contributed by atoms with van der Waals surface area (Å²) in [7, 11) is 0. The molecular weight excluding hydrogens is 701 g/mol. The highest BCUT2D eigenvalue weighted by Crippen LogP contribution is 2.44. The lowest BCUT2D eigenvalue weighted by molar-refractivity contribution is -0.590. The van der Waals surface area contributed by atoms with Gasteiger partial charge < -0.3 is 4.57 Å². The van der Waals surface area contributed by atoms with E-state index in [1.165, 1.54) is 58.7 Å². The van der Waals surface area contributed by atoms with Gasteiger partial charge in [-0.25, -0.2) is 0 Å². The van der Waals surface area contributed by atoms with Gasteiger partial charge in [0.05, 0.1) is 22.2 Å². The van der Waals surface area contributed by atoms with Gasteiger partial charge in [-0.1, -0.05) is 143 Å². The summed E-state index contributed by atoms with van der Waals surface area (Å²) in [5.41, 5.74) is 11.3. The van der Waals surface area contributed by atoms with E-state index in [0.29, 0.717) is 5.82 Å². The van der Waals surface area contributed by atoms with Crippen molar-refractivity contribution in [2.24, 2.45) is 0 Å². The lowest BCUT2D eigenvalue weighted by Crippen LogP contribution is -2.35. The molecule has 4 nitrogen and oxygen atoms in total. The molecule has 3 heterocycles. The average molecular weight is 734 g/mol. The Morgan fingerprint density at radius 3 is 1.84 bits per heavy atom. The fraction of sp³-hybridized carbons (Fsp3) is 0. The first-order valence-corrected chi connectivity index (χ1v) is 19.6. The van der Waals surface area contributed by atoms with Crippen molar-refractivity contribution in [2.45, 2.75) is 0 Å². The van der Waals surface area contributed by atoms with Crippen LogP contribution in [0.3, 0.4) is 0 Å². The van der Waals surface area contributed by atoms with Crippen LogP contribution in [-0.4, -0.2) is 14.5 Å². The standard InChI is InChI=1S/C51H33N4S/c1-3-13-34(14-4-1)35-25-27-36(28-26-35)50-52-33-54(51(53-50)37-15-5-2-6-16-37)38-29-31-39(32-30-38)55-46-23-9-7-17-40(46)42-19-11-20-43(48(42)55)45-22-12-21-44-41-18-8-10-24-47(41)56-49(44)45/h1-33H/q+1. The summed E-state index contributed by atoms with van der Waals surface area (Å²) >= 11 is 1.87. The van der Waals surface area contributed by atoms with E-state index in [-0.39, 0.29) is 0 Å². The van der Waals surface area contributed by atoms with Gasteiger partial charge in [-0.2, -0.15) is 4.57 Å². The first-order valence-electron chi connectivity index (χ1n) is 18.8. The fourth-order valence-corrected chi connectivity index (χ4v) is 9.37.